The molecule has 0 aliphatic heterocycles. The van der Waals surface area contributed by atoms with Crippen LogP contribution in [0.4, 0.5) is 5.69 Å². The van der Waals surface area contributed by atoms with Gasteiger partial charge in [0.05, 0.1) is 17.8 Å². The van der Waals surface area contributed by atoms with E-state index in [0.29, 0.717) is 16.5 Å². The summed E-state index contributed by atoms with van der Waals surface area (Å²) in [5.74, 6) is 0.441. The molecule has 6 heteroatoms. The van der Waals surface area contributed by atoms with Crippen molar-refractivity contribution in [1.29, 1.82) is 0 Å². The highest BCUT2D eigenvalue weighted by Crippen LogP contribution is 2.29. The maximum atomic E-state index is 11.0. The number of benzene rings is 2. The molecule has 0 radical (unpaired) electrons. The Morgan fingerprint density at radius 3 is 2.64 bits per heavy atom. The number of aliphatic imine (C=N–C) groups is 1. The summed E-state index contributed by atoms with van der Waals surface area (Å²) in [6.07, 6.45) is 1.68. The van der Waals surface area contributed by atoms with Crippen LogP contribution in [0.2, 0.25) is 5.02 Å². The topological polar surface area (TPSA) is 47.9 Å². The van der Waals surface area contributed by atoms with E-state index in [9.17, 15) is 4.79 Å². The molecule has 0 atom stereocenters. The maximum absolute atomic E-state index is 11.0. The highest BCUT2D eigenvalue weighted by Gasteiger charge is 2.07. The number of hydrogen-bond acceptors (Lipinski definition) is 4. The fraction of sp³-hybridized carbons (Fsp3) is 0.125. The van der Waals surface area contributed by atoms with Gasteiger partial charge < -0.3 is 9.47 Å². The number of ether oxygens (including phenoxy) is 2. The number of nitrogens with zero attached hydrogens (tertiary/aromatic N) is 1. The van der Waals surface area contributed by atoms with Gasteiger partial charge in [-0.05, 0) is 57.9 Å². The van der Waals surface area contributed by atoms with Crippen LogP contribution in [-0.2, 0) is 4.79 Å². The predicted molar refractivity (Wildman–Crippen MR) is 90.7 cm³/mol. The van der Waals surface area contributed by atoms with Crippen molar-refractivity contribution in [3.8, 4) is 11.5 Å². The molecule has 2 rings (SSSR count). The molecule has 0 bridgehead atoms. The first-order chi connectivity index (χ1) is 10.5. The molecule has 0 aliphatic carbocycles. The molecule has 0 aliphatic rings. The van der Waals surface area contributed by atoms with Crippen LogP contribution in [0.1, 0.15) is 12.5 Å². The van der Waals surface area contributed by atoms with Gasteiger partial charge in [-0.2, -0.15) is 0 Å². The minimum atomic E-state index is -0.399. The minimum Gasteiger partial charge on any atom is -0.493 e. The highest BCUT2D eigenvalue weighted by molar-refractivity contribution is 9.10. The third-order valence-electron chi connectivity index (χ3n) is 2.71. The molecule has 0 unspecified atom stereocenters. The predicted octanol–water partition coefficient (Wildman–Crippen LogP) is 4.79. The molecule has 0 saturated carbocycles. The van der Waals surface area contributed by atoms with Crippen molar-refractivity contribution >= 4 is 45.4 Å². The van der Waals surface area contributed by atoms with E-state index in [4.69, 9.17) is 21.1 Å². The molecular formula is C16H13BrClNO3. The van der Waals surface area contributed by atoms with Crippen molar-refractivity contribution in [3.05, 3.63) is 51.5 Å². The first kappa shape index (κ1) is 16.5. The second kappa shape index (κ2) is 7.42. The fourth-order valence-corrected chi connectivity index (χ4v) is 2.14. The number of esters is 1. The van der Waals surface area contributed by atoms with Crippen molar-refractivity contribution < 1.29 is 14.3 Å². The average Bonchev–Trinajstić information content (AvgIpc) is 2.49. The zero-order valence-corrected chi connectivity index (χ0v) is 14.3. The van der Waals surface area contributed by atoms with Crippen LogP contribution < -0.4 is 9.47 Å². The number of carbonyl (C=O) groups is 1. The largest absolute Gasteiger partial charge is 0.493 e. The molecule has 22 heavy (non-hydrogen) atoms. The lowest BCUT2D eigenvalue weighted by molar-refractivity contribution is -0.132. The van der Waals surface area contributed by atoms with E-state index in [0.717, 1.165) is 15.7 Å². The number of rotatable bonds is 4. The highest BCUT2D eigenvalue weighted by atomic mass is 79.9. The molecule has 2 aromatic rings. The van der Waals surface area contributed by atoms with Crippen molar-refractivity contribution in [2.45, 2.75) is 6.92 Å². The standard InChI is InChI=1S/C16H13BrClNO3/c1-10(20)22-15-6-3-11(7-16(15)21-2)9-19-12-4-5-13(17)14(18)8-12/h3-9H,1-2H3. The zero-order chi connectivity index (χ0) is 16.1. The molecule has 0 saturated heterocycles. The van der Waals surface area contributed by atoms with Crippen LogP contribution in [0.5, 0.6) is 11.5 Å². The van der Waals surface area contributed by atoms with Crippen LogP contribution in [0.3, 0.4) is 0 Å². The summed E-state index contributed by atoms with van der Waals surface area (Å²) in [4.78, 5) is 15.4. The van der Waals surface area contributed by atoms with E-state index in [1.165, 1.54) is 14.0 Å². The summed E-state index contributed by atoms with van der Waals surface area (Å²) in [5.41, 5.74) is 1.54. The second-order valence-electron chi connectivity index (χ2n) is 4.36. The van der Waals surface area contributed by atoms with E-state index < -0.39 is 5.97 Å². The van der Waals surface area contributed by atoms with Crippen molar-refractivity contribution in [2.24, 2.45) is 4.99 Å². The van der Waals surface area contributed by atoms with Gasteiger partial charge in [-0.25, -0.2) is 0 Å². The van der Waals surface area contributed by atoms with Gasteiger partial charge in [0.2, 0.25) is 0 Å². The number of halogens is 2. The van der Waals surface area contributed by atoms with Crippen molar-refractivity contribution in [2.75, 3.05) is 7.11 Å². The first-order valence-electron chi connectivity index (χ1n) is 6.35. The van der Waals surface area contributed by atoms with Crippen LogP contribution in [-0.4, -0.2) is 19.3 Å². The van der Waals surface area contributed by atoms with Gasteiger partial charge in [0.15, 0.2) is 11.5 Å². The average molecular weight is 383 g/mol. The molecule has 0 aromatic heterocycles. The molecule has 0 fully saturated rings. The minimum absolute atomic E-state index is 0.374. The lowest BCUT2D eigenvalue weighted by Crippen LogP contribution is -2.03. The molecule has 0 N–H and O–H groups in total. The number of methoxy groups -OCH3 is 1. The van der Waals surface area contributed by atoms with Gasteiger partial charge >= 0.3 is 5.97 Å². The van der Waals surface area contributed by atoms with Gasteiger partial charge in [0.1, 0.15) is 0 Å². The van der Waals surface area contributed by atoms with Crippen LogP contribution in [0.15, 0.2) is 45.9 Å². The Morgan fingerprint density at radius 2 is 2.00 bits per heavy atom. The second-order valence-corrected chi connectivity index (χ2v) is 5.62. The smallest absolute Gasteiger partial charge is 0.308 e. The van der Waals surface area contributed by atoms with Gasteiger partial charge in [-0.15, -0.1) is 0 Å². The summed E-state index contributed by atoms with van der Waals surface area (Å²) in [6.45, 7) is 1.34. The summed E-state index contributed by atoms with van der Waals surface area (Å²) in [5, 5.41) is 0.595. The molecular weight excluding hydrogens is 370 g/mol. The summed E-state index contributed by atoms with van der Waals surface area (Å²) in [6, 6.07) is 10.6. The molecule has 4 nitrogen and oxygen atoms in total. The summed E-state index contributed by atoms with van der Waals surface area (Å²) in [7, 11) is 1.51. The normalized spacial score (nSPS) is 10.7. The van der Waals surface area contributed by atoms with Crippen LogP contribution >= 0.6 is 27.5 Å². The monoisotopic (exact) mass is 381 g/mol. The van der Waals surface area contributed by atoms with E-state index in [1.807, 2.05) is 12.1 Å². The van der Waals surface area contributed by atoms with E-state index in [-0.39, 0.29) is 0 Å². The Balaban J connectivity index is 2.23. The number of carbonyl (C=O) groups excluding carboxylic acids is 1. The lowest BCUT2D eigenvalue weighted by atomic mass is 10.2. The third kappa shape index (κ3) is 4.32. The van der Waals surface area contributed by atoms with E-state index >= 15 is 0 Å². The van der Waals surface area contributed by atoms with Gasteiger partial charge in [-0.1, -0.05) is 11.6 Å². The Kier molecular flexibility index (Phi) is 5.57. The molecule has 0 amide bonds. The molecule has 0 spiro atoms. The van der Waals surface area contributed by atoms with Crippen LogP contribution in [0.25, 0.3) is 0 Å². The molecule has 114 valence electrons. The molecule has 0 heterocycles. The van der Waals surface area contributed by atoms with Crippen LogP contribution in [0, 0.1) is 0 Å². The van der Waals surface area contributed by atoms with Gasteiger partial charge in [0.25, 0.3) is 0 Å². The van der Waals surface area contributed by atoms with Crippen molar-refractivity contribution in [3.63, 3.8) is 0 Å². The first-order valence-corrected chi connectivity index (χ1v) is 7.52. The quantitative estimate of drug-likeness (QED) is 0.434. The molecule has 2 aromatic carbocycles. The van der Waals surface area contributed by atoms with E-state index in [1.54, 1.807) is 30.5 Å². The SMILES string of the molecule is COc1cc(C=Nc2ccc(Br)c(Cl)c2)ccc1OC(C)=O. The van der Waals surface area contributed by atoms with Gasteiger partial charge in [0, 0.05) is 17.6 Å². The Morgan fingerprint density at radius 1 is 1.23 bits per heavy atom. The summed E-state index contributed by atoms with van der Waals surface area (Å²) < 4.78 is 11.1. The Bertz CT molecular complexity index is 731. The van der Waals surface area contributed by atoms with Crippen molar-refractivity contribution in [1.82, 2.24) is 0 Å². The maximum Gasteiger partial charge on any atom is 0.308 e. The Labute approximate surface area is 141 Å². The fourth-order valence-electron chi connectivity index (χ4n) is 1.72. The lowest BCUT2D eigenvalue weighted by Gasteiger charge is -2.08. The van der Waals surface area contributed by atoms with Gasteiger partial charge in [-0.3, -0.25) is 9.79 Å². The third-order valence-corrected chi connectivity index (χ3v) is 3.94. The Hall–Kier alpha value is -1.85. The number of hydrogen-bond donors (Lipinski definition) is 0. The zero-order valence-electron chi connectivity index (χ0n) is 12.0. The summed E-state index contributed by atoms with van der Waals surface area (Å²) >= 11 is 9.35. The van der Waals surface area contributed by atoms with E-state index in [2.05, 4.69) is 20.9 Å².